The molecule has 0 aliphatic carbocycles. The van der Waals surface area contributed by atoms with E-state index in [0.717, 1.165) is 11.1 Å². The van der Waals surface area contributed by atoms with Gasteiger partial charge in [0.1, 0.15) is 11.3 Å². The van der Waals surface area contributed by atoms with Gasteiger partial charge in [-0.05, 0) is 37.6 Å². The fraction of sp³-hybridized carbons (Fsp3) is 0.200. The van der Waals surface area contributed by atoms with E-state index in [-0.39, 0.29) is 17.3 Å². The van der Waals surface area contributed by atoms with Gasteiger partial charge in [0.25, 0.3) is 0 Å². The summed E-state index contributed by atoms with van der Waals surface area (Å²) in [5.41, 5.74) is 2.03. The lowest BCUT2D eigenvalue weighted by atomic mass is 9.98. The van der Waals surface area contributed by atoms with E-state index in [9.17, 15) is 9.59 Å². The molecule has 0 aliphatic heterocycles. The molecule has 0 aliphatic rings. The molecule has 3 rings (SSSR count). The van der Waals surface area contributed by atoms with Crippen molar-refractivity contribution in [2.75, 3.05) is 6.61 Å². The molecule has 0 saturated heterocycles. The van der Waals surface area contributed by atoms with Gasteiger partial charge in [-0.3, -0.25) is 9.59 Å². The largest absolute Gasteiger partial charge is 0.466 e. The quantitative estimate of drug-likeness (QED) is 0.678. The number of fused-ring (bicyclic) bond motifs is 1. The molecule has 1 atom stereocenters. The van der Waals surface area contributed by atoms with E-state index in [1.165, 1.54) is 6.07 Å². The Hall–Kier alpha value is -2.88. The summed E-state index contributed by atoms with van der Waals surface area (Å²) in [7, 11) is 0. The predicted molar refractivity (Wildman–Crippen MR) is 93.0 cm³/mol. The summed E-state index contributed by atoms with van der Waals surface area (Å²) < 4.78 is 10.9. The highest BCUT2D eigenvalue weighted by Gasteiger charge is 2.17. The third-order valence-corrected chi connectivity index (χ3v) is 3.95. The first-order valence-electron chi connectivity index (χ1n) is 7.90. The molecule has 0 saturated carbocycles. The van der Waals surface area contributed by atoms with Gasteiger partial charge in [0, 0.05) is 11.6 Å². The van der Waals surface area contributed by atoms with Crippen LogP contribution in [-0.2, 0) is 9.53 Å². The van der Waals surface area contributed by atoms with Gasteiger partial charge < -0.3 is 9.15 Å². The van der Waals surface area contributed by atoms with Gasteiger partial charge in [-0.15, -0.1) is 0 Å². The first-order chi connectivity index (χ1) is 11.6. The van der Waals surface area contributed by atoms with Crippen molar-refractivity contribution in [3.63, 3.8) is 0 Å². The molecule has 1 aromatic heterocycles. The highest BCUT2D eigenvalue weighted by molar-refractivity contribution is 5.80. The lowest BCUT2D eigenvalue weighted by molar-refractivity contribution is -0.144. The number of ether oxygens (including phenoxy) is 1. The minimum absolute atomic E-state index is 0.0873. The Bertz CT molecular complexity index is 940. The summed E-state index contributed by atoms with van der Waals surface area (Å²) >= 11 is 0. The van der Waals surface area contributed by atoms with Crippen LogP contribution in [0.1, 0.15) is 25.3 Å². The van der Waals surface area contributed by atoms with Crippen molar-refractivity contribution >= 4 is 16.9 Å². The smallest absolute Gasteiger partial charge is 0.313 e. The first kappa shape index (κ1) is 16.0. The number of benzene rings is 2. The normalized spacial score (nSPS) is 12.1. The van der Waals surface area contributed by atoms with Crippen molar-refractivity contribution in [2.45, 2.75) is 19.8 Å². The van der Waals surface area contributed by atoms with E-state index in [4.69, 9.17) is 9.15 Å². The number of hydrogen-bond acceptors (Lipinski definition) is 4. The predicted octanol–water partition coefficient (Wildman–Crippen LogP) is 4.13. The first-order valence-corrected chi connectivity index (χ1v) is 7.90. The SMILES string of the molecule is CCOC(=O)C(C)c1cccc(-c2cc(=O)c3ccccc3o2)c1. The van der Waals surface area contributed by atoms with Gasteiger partial charge >= 0.3 is 5.97 Å². The zero-order valence-electron chi connectivity index (χ0n) is 13.6. The molecule has 3 aromatic rings. The molecule has 0 N–H and O–H groups in total. The van der Waals surface area contributed by atoms with Gasteiger partial charge in [0.15, 0.2) is 5.43 Å². The van der Waals surface area contributed by atoms with Crippen molar-refractivity contribution < 1.29 is 13.9 Å². The van der Waals surface area contributed by atoms with Crippen LogP contribution in [0.15, 0.2) is 63.8 Å². The van der Waals surface area contributed by atoms with Gasteiger partial charge in [-0.2, -0.15) is 0 Å². The summed E-state index contributed by atoms with van der Waals surface area (Å²) in [5, 5.41) is 0.553. The monoisotopic (exact) mass is 322 g/mol. The molecule has 122 valence electrons. The van der Waals surface area contributed by atoms with Crippen molar-refractivity contribution in [2.24, 2.45) is 0 Å². The highest BCUT2D eigenvalue weighted by Crippen LogP contribution is 2.26. The van der Waals surface area contributed by atoms with Crippen LogP contribution < -0.4 is 5.43 Å². The van der Waals surface area contributed by atoms with Crippen LogP contribution in [-0.4, -0.2) is 12.6 Å². The number of hydrogen-bond donors (Lipinski definition) is 0. The molecule has 2 aromatic carbocycles. The number of carbonyl (C=O) groups excluding carboxylic acids is 1. The average molecular weight is 322 g/mol. The standard InChI is InChI=1S/C20H18O4/c1-3-23-20(22)13(2)14-7-6-8-15(11-14)19-12-17(21)16-9-4-5-10-18(16)24-19/h4-13H,3H2,1-2H3. The lowest BCUT2D eigenvalue weighted by Gasteiger charge is -2.12. The summed E-state index contributed by atoms with van der Waals surface area (Å²) in [4.78, 5) is 24.2. The molecule has 4 heteroatoms. The van der Waals surface area contributed by atoms with Gasteiger partial charge in [0.05, 0.1) is 17.9 Å². The number of esters is 1. The summed E-state index contributed by atoms with van der Waals surface area (Å²) in [6, 6.07) is 16.0. The van der Waals surface area contributed by atoms with Crippen molar-refractivity contribution in [3.8, 4) is 11.3 Å². The third kappa shape index (κ3) is 3.08. The fourth-order valence-electron chi connectivity index (χ4n) is 2.61. The van der Waals surface area contributed by atoms with Gasteiger partial charge in [-0.25, -0.2) is 0 Å². The molecular formula is C20H18O4. The van der Waals surface area contributed by atoms with Crippen LogP contribution in [0.5, 0.6) is 0 Å². The summed E-state index contributed by atoms with van der Waals surface area (Å²) in [5.74, 6) is -0.164. The zero-order chi connectivity index (χ0) is 17.1. The molecule has 0 amide bonds. The second-order valence-corrected chi connectivity index (χ2v) is 5.57. The zero-order valence-corrected chi connectivity index (χ0v) is 13.6. The summed E-state index contributed by atoms with van der Waals surface area (Å²) in [6.45, 7) is 3.93. The van der Waals surface area contributed by atoms with E-state index in [1.807, 2.05) is 30.3 Å². The van der Waals surface area contributed by atoms with Gasteiger partial charge in [-0.1, -0.05) is 30.3 Å². The van der Waals surface area contributed by atoms with Crippen molar-refractivity contribution in [1.82, 2.24) is 0 Å². The average Bonchev–Trinajstić information content (AvgIpc) is 2.61. The molecule has 0 bridgehead atoms. The Labute approximate surface area is 139 Å². The van der Waals surface area contributed by atoms with Gasteiger partial charge in [0.2, 0.25) is 0 Å². The van der Waals surface area contributed by atoms with Crippen molar-refractivity contribution in [1.29, 1.82) is 0 Å². The van der Waals surface area contributed by atoms with Crippen molar-refractivity contribution in [3.05, 3.63) is 70.4 Å². The van der Waals surface area contributed by atoms with Crippen LogP contribution in [0.4, 0.5) is 0 Å². The minimum atomic E-state index is -0.378. The third-order valence-electron chi connectivity index (χ3n) is 3.95. The fourth-order valence-corrected chi connectivity index (χ4v) is 2.61. The molecule has 0 spiro atoms. The maximum atomic E-state index is 12.3. The molecule has 4 nitrogen and oxygen atoms in total. The number of para-hydroxylation sites is 1. The van der Waals surface area contributed by atoms with E-state index in [1.54, 1.807) is 32.0 Å². The molecule has 1 heterocycles. The second-order valence-electron chi connectivity index (χ2n) is 5.57. The topological polar surface area (TPSA) is 56.5 Å². The molecular weight excluding hydrogens is 304 g/mol. The number of carbonyl (C=O) groups is 1. The lowest BCUT2D eigenvalue weighted by Crippen LogP contribution is -2.13. The van der Waals surface area contributed by atoms with Crippen LogP contribution in [0.3, 0.4) is 0 Å². The highest BCUT2D eigenvalue weighted by atomic mass is 16.5. The second kappa shape index (κ2) is 6.71. The Balaban J connectivity index is 2.03. The molecule has 24 heavy (non-hydrogen) atoms. The van der Waals surface area contributed by atoms with Crippen LogP contribution in [0.2, 0.25) is 0 Å². The Kier molecular flexibility index (Phi) is 4.47. The van der Waals surface area contributed by atoms with E-state index in [2.05, 4.69) is 0 Å². The molecule has 0 radical (unpaired) electrons. The number of rotatable bonds is 4. The molecule has 1 unspecified atom stereocenters. The summed E-state index contributed by atoms with van der Waals surface area (Å²) in [6.07, 6.45) is 0. The minimum Gasteiger partial charge on any atom is -0.466 e. The maximum Gasteiger partial charge on any atom is 0.313 e. The maximum absolute atomic E-state index is 12.3. The van der Waals surface area contributed by atoms with E-state index in [0.29, 0.717) is 23.3 Å². The van der Waals surface area contributed by atoms with Crippen LogP contribution in [0, 0.1) is 0 Å². The Morgan fingerprint density at radius 2 is 1.92 bits per heavy atom. The molecule has 0 fully saturated rings. The van der Waals surface area contributed by atoms with E-state index >= 15 is 0 Å². The van der Waals surface area contributed by atoms with Crippen LogP contribution >= 0.6 is 0 Å². The van der Waals surface area contributed by atoms with Crippen LogP contribution in [0.25, 0.3) is 22.3 Å². The Morgan fingerprint density at radius 3 is 2.71 bits per heavy atom. The Morgan fingerprint density at radius 1 is 1.12 bits per heavy atom. The van der Waals surface area contributed by atoms with E-state index < -0.39 is 0 Å².